The molecule has 0 aliphatic carbocycles. The van der Waals surface area contributed by atoms with E-state index in [4.69, 9.17) is 0 Å². The van der Waals surface area contributed by atoms with E-state index < -0.39 is 15.9 Å². The summed E-state index contributed by atoms with van der Waals surface area (Å²) >= 11 is 1.36. The van der Waals surface area contributed by atoms with Crippen LogP contribution in [0.4, 0.5) is 10.8 Å². The fraction of sp³-hybridized carbons (Fsp3) is 0.130. The number of carbonyl (C=O) groups excluding carboxylic acids is 1. The van der Waals surface area contributed by atoms with Gasteiger partial charge in [0.2, 0.25) is 10.0 Å². The van der Waals surface area contributed by atoms with Crippen molar-refractivity contribution in [2.24, 2.45) is 0 Å². The fourth-order valence-corrected chi connectivity index (χ4v) is 4.66. The normalized spacial score (nSPS) is 11.4. The van der Waals surface area contributed by atoms with Gasteiger partial charge in [-0.1, -0.05) is 60.7 Å². The summed E-state index contributed by atoms with van der Waals surface area (Å²) in [5.74, 6) is -0.722. The first kappa shape index (κ1) is 21.0. The van der Waals surface area contributed by atoms with Gasteiger partial charge in [-0.2, -0.15) is 0 Å². The minimum absolute atomic E-state index is 0.115. The van der Waals surface area contributed by atoms with Crippen molar-refractivity contribution in [3.05, 3.63) is 88.9 Å². The molecule has 0 unspecified atom stereocenters. The summed E-state index contributed by atoms with van der Waals surface area (Å²) in [6.45, 7) is 2.32. The van der Waals surface area contributed by atoms with Crippen molar-refractivity contribution in [2.75, 3.05) is 11.2 Å². The molecular weight excluding hydrogens is 430 g/mol. The molecular formula is C23H21N3O3S2. The standard InChI is InChI=1S/C23H21N3O3S2/c1-16-21(22(27)25-31(2,28)29)24-23(30-16)26(15-17-8-4-3-5-9-17)20-13-12-18-10-6-7-11-19(18)14-20/h3-14H,15H2,1-2H3,(H,25,27). The number of thiazole rings is 1. The van der Waals surface area contributed by atoms with E-state index in [9.17, 15) is 13.2 Å². The molecule has 31 heavy (non-hydrogen) atoms. The minimum Gasteiger partial charge on any atom is -0.313 e. The smallest absolute Gasteiger partial charge is 0.284 e. The molecule has 158 valence electrons. The van der Waals surface area contributed by atoms with Crippen molar-refractivity contribution >= 4 is 48.9 Å². The van der Waals surface area contributed by atoms with Crippen LogP contribution in [0.3, 0.4) is 0 Å². The van der Waals surface area contributed by atoms with E-state index in [1.165, 1.54) is 11.3 Å². The number of hydrogen-bond donors (Lipinski definition) is 1. The Bertz CT molecular complexity index is 1350. The molecule has 1 aromatic heterocycles. The van der Waals surface area contributed by atoms with Gasteiger partial charge in [0, 0.05) is 10.6 Å². The third kappa shape index (κ3) is 4.92. The number of nitrogens with zero attached hydrogens (tertiary/aromatic N) is 2. The predicted octanol–water partition coefficient (Wildman–Crippen LogP) is 4.63. The van der Waals surface area contributed by atoms with Gasteiger partial charge in [0.05, 0.1) is 12.8 Å². The lowest BCUT2D eigenvalue weighted by atomic mass is 10.1. The SMILES string of the molecule is Cc1sc(N(Cc2ccccc2)c2ccc3ccccc3c2)nc1C(=O)NS(C)(=O)=O. The van der Waals surface area contributed by atoms with E-state index in [1.54, 1.807) is 6.92 Å². The maximum absolute atomic E-state index is 12.4. The van der Waals surface area contributed by atoms with Crippen molar-refractivity contribution in [2.45, 2.75) is 13.5 Å². The quantitative estimate of drug-likeness (QED) is 0.462. The highest BCUT2D eigenvalue weighted by Crippen LogP contribution is 2.34. The second-order valence-corrected chi connectivity index (χ2v) is 10.1. The average molecular weight is 452 g/mol. The van der Waals surface area contributed by atoms with Gasteiger partial charge >= 0.3 is 0 Å². The van der Waals surface area contributed by atoms with Gasteiger partial charge in [0.15, 0.2) is 5.13 Å². The van der Waals surface area contributed by atoms with Gasteiger partial charge in [-0.15, -0.1) is 11.3 Å². The first-order chi connectivity index (χ1) is 14.8. The first-order valence-electron chi connectivity index (χ1n) is 9.60. The molecule has 0 saturated heterocycles. The van der Waals surface area contributed by atoms with Crippen LogP contribution in [0.25, 0.3) is 10.8 Å². The zero-order valence-corrected chi connectivity index (χ0v) is 18.7. The molecule has 0 fully saturated rings. The molecule has 6 nitrogen and oxygen atoms in total. The van der Waals surface area contributed by atoms with Crippen LogP contribution in [0.1, 0.15) is 20.9 Å². The highest BCUT2D eigenvalue weighted by Gasteiger charge is 2.22. The molecule has 1 heterocycles. The Morgan fingerprint density at radius 1 is 1.00 bits per heavy atom. The molecule has 0 spiro atoms. The monoisotopic (exact) mass is 451 g/mol. The third-order valence-electron chi connectivity index (χ3n) is 4.74. The average Bonchev–Trinajstić information content (AvgIpc) is 3.13. The lowest BCUT2D eigenvalue weighted by molar-refractivity contribution is 0.0977. The van der Waals surface area contributed by atoms with Crippen LogP contribution < -0.4 is 9.62 Å². The number of hydrogen-bond acceptors (Lipinski definition) is 6. The molecule has 0 radical (unpaired) electrons. The second kappa shape index (κ2) is 8.49. The molecule has 0 aliphatic heterocycles. The number of amides is 1. The number of anilines is 2. The molecule has 4 rings (SSSR count). The highest BCUT2D eigenvalue weighted by molar-refractivity contribution is 7.89. The molecule has 0 bridgehead atoms. The molecule has 1 amide bonds. The highest BCUT2D eigenvalue weighted by atomic mass is 32.2. The van der Waals surface area contributed by atoms with Gasteiger partial charge in [0.1, 0.15) is 5.69 Å². The Balaban J connectivity index is 1.77. The lowest BCUT2D eigenvalue weighted by Crippen LogP contribution is -2.30. The Hall–Kier alpha value is -3.23. The van der Waals surface area contributed by atoms with E-state index in [0.717, 1.165) is 28.3 Å². The lowest BCUT2D eigenvalue weighted by Gasteiger charge is -2.22. The molecule has 4 aromatic rings. The van der Waals surface area contributed by atoms with Crippen LogP contribution in [-0.4, -0.2) is 25.6 Å². The number of aryl methyl sites for hydroxylation is 1. The zero-order valence-electron chi connectivity index (χ0n) is 17.1. The van der Waals surface area contributed by atoms with Crippen molar-refractivity contribution in [1.29, 1.82) is 0 Å². The molecule has 8 heteroatoms. The molecule has 0 aliphatic rings. The van der Waals surface area contributed by atoms with Gasteiger partial charge < -0.3 is 4.90 Å². The molecule has 0 atom stereocenters. The van der Waals surface area contributed by atoms with E-state index in [2.05, 4.69) is 29.2 Å². The fourth-order valence-electron chi connectivity index (χ4n) is 3.31. The van der Waals surface area contributed by atoms with Crippen LogP contribution in [-0.2, 0) is 16.6 Å². The molecule has 0 saturated carbocycles. The van der Waals surface area contributed by atoms with E-state index in [1.807, 2.05) is 58.2 Å². The van der Waals surface area contributed by atoms with E-state index in [0.29, 0.717) is 16.6 Å². The topological polar surface area (TPSA) is 79.4 Å². The summed E-state index contributed by atoms with van der Waals surface area (Å²) in [5, 5.41) is 2.85. The first-order valence-corrected chi connectivity index (χ1v) is 12.3. The summed E-state index contributed by atoms with van der Waals surface area (Å²) in [6.07, 6.45) is 0.949. The summed E-state index contributed by atoms with van der Waals surface area (Å²) in [4.78, 5) is 19.6. The summed E-state index contributed by atoms with van der Waals surface area (Å²) < 4.78 is 25.0. The maximum Gasteiger partial charge on any atom is 0.284 e. The van der Waals surface area contributed by atoms with Gasteiger partial charge in [-0.05, 0) is 35.4 Å². The summed E-state index contributed by atoms with van der Waals surface area (Å²) in [5.41, 5.74) is 2.14. The Morgan fingerprint density at radius 3 is 2.39 bits per heavy atom. The van der Waals surface area contributed by atoms with Crippen molar-refractivity contribution in [3.63, 3.8) is 0 Å². The number of benzene rings is 3. The van der Waals surface area contributed by atoms with Crippen LogP contribution in [0, 0.1) is 6.92 Å². The number of fused-ring (bicyclic) bond motifs is 1. The third-order valence-corrected chi connectivity index (χ3v) is 6.29. The number of aromatic nitrogens is 1. The minimum atomic E-state index is -3.67. The van der Waals surface area contributed by atoms with E-state index >= 15 is 0 Å². The van der Waals surface area contributed by atoms with Gasteiger partial charge in [0.25, 0.3) is 5.91 Å². The molecule has 3 aromatic carbocycles. The second-order valence-electron chi connectivity index (χ2n) is 7.21. The maximum atomic E-state index is 12.4. The predicted molar refractivity (Wildman–Crippen MR) is 125 cm³/mol. The Kier molecular flexibility index (Phi) is 5.75. The number of rotatable bonds is 6. The van der Waals surface area contributed by atoms with Crippen LogP contribution in [0.2, 0.25) is 0 Å². The van der Waals surface area contributed by atoms with Crippen molar-refractivity contribution < 1.29 is 13.2 Å². The largest absolute Gasteiger partial charge is 0.313 e. The Morgan fingerprint density at radius 2 is 1.68 bits per heavy atom. The van der Waals surface area contributed by atoms with Gasteiger partial charge in [-0.25, -0.2) is 18.1 Å². The summed E-state index contributed by atoms with van der Waals surface area (Å²) in [6, 6.07) is 24.3. The van der Waals surface area contributed by atoms with Crippen molar-refractivity contribution in [3.8, 4) is 0 Å². The van der Waals surface area contributed by atoms with Gasteiger partial charge in [-0.3, -0.25) is 4.79 Å². The number of nitrogens with one attached hydrogen (secondary N) is 1. The number of sulfonamides is 1. The van der Waals surface area contributed by atoms with Crippen LogP contribution in [0.5, 0.6) is 0 Å². The van der Waals surface area contributed by atoms with Crippen LogP contribution in [0.15, 0.2) is 72.8 Å². The van der Waals surface area contributed by atoms with Crippen LogP contribution >= 0.6 is 11.3 Å². The van der Waals surface area contributed by atoms with E-state index in [-0.39, 0.29) is 5.69 Å². The summed E-state index contributed by atoms with van der Waals surface area (Å²) in [7, 11) is -3.67. The molecule has 1 N–H and O–H groups in total. The zero-order chi connectivity index (χ0) is 22.0. The van der Waals surface area contributed by atoms with Crippen molar-refractivity contribution in [1.82, 2.24) is 9.71 Å². The number of carbonyl (C=O) groups is 1. The Labute approximate surface area is 185 Å².